The number of hydrogen-bond donors (Lipinski definition) is 0. The Kier molecular flexibility index (Phi) is 2.36. The lowest BCUT2D eigenvalue weighted by Gasteiger charge is -2.13. The van der Waals surface area contributed by atoms with E-state index in [-0.39, 0.29) is 5.56 Å². The highest BCUT2D eigenvalue weighted by molar-refractivity contribution is 6.15. The molecule has 0 N–H and O–H groups in total. The van der Waals surface area contributed by atoms with E-state index in [9.17, 15) is 4.79 Å². The summed E-state index contributed by atoms with van der Waals surface area (Å²) in [7, 11) is 3.24. The minimum absolute atomic E-state index is 0.0136. The molecule has 0 fully saturated rings. The van der Waals surface area contributed by atoms with Crippen LogP contribution in [0.1, 0.15) is 0 Å². The Morgan fingerprint density at radius 1 is 1.00 bits per heavy atom. The van der Waals surface area contributed by atoms with Gasteiger partial charge in [-0.2, -0.15) is 0 Å². The lowest BCUT2D eigenvalue weighted by molar-refractivity contribution is 0.359. The van der Waals surface area contributed by atoms with Crippen molar-refractivity contribution in [2.24, 2.45) is 0 Å². The molecule has 0 aliphatic heterocycles. The standard InChI is InChI=1S/C17H13NO3/c1-20-13-9-10-7-8-18-15(10)14(16(13)21-2)11-5-3-4-6-12(11)17(18)19/h3-9H,1-2H3. The summed E-state index contributed by atoms with van der Waals surface area (Å²) in [4.78, 5) is 12.6. The third kappa shape index (κ3) is 1.41. The summed E-state index contributed by atoms with van der Waals surface area (Å²) in [6.07, 6.45) is 1.80. The van der Waals surface area contributed by atoms with Crippen LogP contribution in [0.25, 0.3) is 27.1 Å². The van der Waals surface area contributed by atoms with E-state index in [1.165, 1.54) is 0 Å². The first-order chi connectivity index (χ1) is 10.3. The van der Waals surface area contributed by atoms with Crippen LogP contribution < -0.4 is 15.0 Å². The summed E-state index contributed by atoms with van der Waals surface area (Å²) in [6, 6.07) is 11.4. The third-order valence-corrected chi connectivity index (χ3v) is 3.96. The lowest BCUT2D eigenvalue weighted by atomic mass is 10.0. The summed E-state index contributed by atoms with van der Waals surface area (Å²) in [5.74, 6) is 1.33. The molecule has 4 nitrogen and oxygen atoms in total. The number of fused-ring (bicyclic) bond motifs is 2. The molecule has 4 rings (SSSR count). The van der Waals surface area contributed by atoms with Crippen LogP contribution in [0.4, 0.5) is 0 Å². The van der Waals surface area contributed by atoms with E-state index >= 15 is 0 Å². The number of rotatable bonds is 2. The topological polar surface area (TPSA) is 39.9 Å². The zero-order valence-corrected chi connectivity index (χ0v) is 11.7. The molecular weight excluding hydrogens is 266 g/mol. The fourth-order valence-corrected chi connectivity index (χ4v) is 3.06. The molecule has 0 aliphatic rings. The fraction of sp³-hybridized carbons (Fsp3) is 0.118. The second-order valence-electron chi connectivity index (χ2n) is 4.96. The third-order valence-electron chi connectivity index (χ3n) is 3.96. The maximum atomic E-state index is 12.6. The minimum Gasteiger partial charge on any atom is -0.493 e. The number of benzene rings is 2. The first-order valence-corrected chi connectivity index (χ1v) is 6.66. The first kappa shape index (κ1) is 12.0. The Labute approximate surface area is 120 Å². The molecule has 2 aromatic heterocycles. The van der Waals surface area contributed by atoms with E-state index in [0.29, 0.717) is 16.9 Å². The smallest absolute Gasteiger partial charge is 0.263 e. The van der Waals surface area contributed by atoms with Crippen LogP contribution in [0.2, 0.25) is 0 Å². The van der Waals surface area contributed by atoms with Crippen molar-refractivity contribution in [2.45, 2.75) is 0 Å². The van der Waals surface area contributed by atoms with Crippen molar-refractivity contribution >= 4 is 27.1 Å². The summed E-state index contributed by atoms with van der Waals surface area (Å²) < 4.78 is 12.7. The van der Waals surface area contributed by atoms with Crippen molar-refractivity contribution in [1.82, 2.24) is 4.40 Å². The van der Waals surface area contributed by atoms with E-state index in [0.717, 1.165) is 21.7 Å². The van der Waals surface area contributed by atoms with Crippen LogP contribution in [0.15, 0.2) is 47.4 Å². The van der Waals surface area contributed by atoms with E-state index in [1.807, 2.05) is 36.4 Å². The van der Waals surface area contributed by atoms with E-state index in [1.54, 1.807) is 24.8 Å². The average Bonchev–Trinajstić information content (AvgIpc) is 2.95. The lowest BCUT2D eigenvalue weighted by Crippen LogP contribution is -2.12. The van der Waals surface area contributed by atoms with Crippen molar-refractivity contribution in [3.8, 4) is 11.5 Å². The summed E-state index contributed by atoms with van der Waals surface area (Å²) in [6.45, 7) is 0. The highest BCUT2D eigenvalue weighted by Gasteiger charge is 2.19. The molecule has 0 amide bonds. The number of pyridine rings is 1. The van der Waals surface area contributed by atoms with Gasteiger partial charge in [-0.3, -0.25) is 9.20 Å². The summed E-state index contributed by atoms with van der Waals surface area (Å²) >= 11 is 0. The van der Waals surface area contributed by atoms with Crippen molar-refractivity contribution in [3.05, 3.63) is 52.9 Å². The monoisotopic (exact) mass is 279 g/mol. The molecule has 0 saturated heterocycles. The molecule has 0 aliphatic carbocycles. The predicted octanol–water partition coefficient (Wildman–Crippen LogP) is 3.06. The van der Waals surface area contributed by atoms with E-state index in [2.05, 4.69) is 0 Å². The molecule has 21 heavy (non-hydrogen) atoms. The van der Waals surface area contributed by atoms with Gasteiger partial charge < -0.3 is 9.47 Å². The van der Waals surface area contributed by atoms with Gasteiger partial charge in [0, 0.05) is 22.4 Å². The number of hydrogen-bond acceptors (Lipinski definition) is 3. The Hall–Kier alpha value is -2.75. The van der Waals surface area contributed by atoms with Gasteiger partial charge in [-0.15, -0.1) is 0 Å². The minimum atomic E-state index is -0.0136. The van der Waals surface area contributed by atoms with Gasteiger partial charge in [0.2, 0.25) is 0 Å². The van der Waals surface area contributed by atoms with Crippen molar-refractivity contribution < 1.29 is 9.47 Å². The van der Waals surface area contributed by atoms with Gasteiger partial charge in [0.25, 0.3) is 5.56 Å². The molecule has 2 heterocycles. The summed E-state index contributed by atoms with van der Waals surface area (Å²) in [5, 5.41) is 3.43. The van der Waals surface area contributed by atoms with Gasteiger partial charge >= 0.3 is 0 Å². The second kappa shape index (κ2) is 4.12. The maximum Gasteiger partial charge on any atom is 0.263 e. The molecule has 4 heteroatoms. The molecule has 0 unspecified atom stereocenters. The number of nitrogens with zero attached hydrogens (tertiary/aromatic N) is 1. The van der Waals surface area contributed by atoms with Gasteiger partial charge in [-0.25, -0.2) is 0 Å². The predicted molar refractivity (Wildman–Crippen MR) is 83.0 cm³/mol. The second-order valence-corrected chi connectivity index (χ2v) is 4.96. The highest BCUT2D eigenvalue weighted by Crippen LogP contribution is 2.41. The average molecular weight is 279 g/mol. The van der Waals surface area contributed by atoms with Gasteiger partial charge in [-0.1, -0.05) is 18.2 Å². The molecular formula is C17H13NO3. The van der Waals surface area contributed by atoms with E-state index < -0.39 is 0 Å². The zero-order valence-electron chi connectivity index (χ0n) is 11.7. The first-order valence-electron chi connectivity index (χ1n) is 6.66. The molecule has 0 spiro atoms. The Morgan fingerprint density at radius 3 is 2.48 bits per heavy atom. The van der Waals surface area contributed by atoms with Gasteiger partial charge in [0.05, 0.1) is 25.1 Å². The molecule has 0 atom stereocenters. The fourth-order valence-electron chi connectivity index (χ4n) is 3.06. The van der Waals surface area contributed by atoms with Crippen LogP contribution in [0.5, 0.6) is 11.5 Å². The molecule has 2 aromatic carbocycles. The molecule has 0 radical (unpaired) electrons. The largest absolute Gasteiger partial charge is 0.493 e. The maximum absolute atomic E-state index is 12.6. The van der Waals surface area contributed by atoms with Gasteiger partial charge in [0.15, 0.2) is 11.5 Å². The van der Waals surface area contributed by atoms with Crippen LogP contribution in [0.3, 0.4) is 0 Å². The summed E-state index contributed by atoms with van der Waals surface area (Å²) in [5.41, 5.74) is 0.858. The Balaban J connectivity index is 2.44. The zero-order chi connectivity index (χ0) is 14.6. The van der Waals surface area contributed by atoms with Crippen molar-refractivity contribution in [3.63, 3.8) is 0 Å². The molecule has 4 aromatic rings. The van der Waals surface area contributed by atoms with Gasteiger partial charge in [-0.05, 0) is 18.2 Å². The van der Waals surface area contributed by atoms with Crippen LogP contribution in [-0.4, -0.2) is 18.6 Å². The SMILES string of the molecule is COc1cc2ccn3c(=O)c4ccccc4c(c1OC)c23. The van der Waals surface area contributed by atoms with Gasteiger partial charge in [0.1, 0.15) is 0 Å². The van der Waals surface area contributed by atoms with Crippen LogP contribution in [-0.2, 0) is 0 Å². The number of ether oxygens (including phenoxy) is 2. The normalized spacial score (nSPS) is 11.5. The molecule has 0 saturated carbocycles. The number of aromatic nitrogens is 1. The van der Waals surface area contributed by atoms with Crippen molar-refractivity contribution in [1.29, 1.82) is 0 Å². The van der Waals surface area contributed by atoms with E-state index in [4.69, 9.17) is 9.47 Å². The number of methoxy groups -OCH3 is 2. The highest BCUT2D eigenvalue weighted by atomic mass is 16.5. The quantitative estimate of drug-likeness (QED) is 0.529. The van der Waals surface area contributed by atoms with Crippen LogP contribution in [0, 0.1) is 0 Å². The van der Waals surface area contributed by atoms with Crippen molar-refractivity contribution in [2.75, 3.05) is 14.2 Å². The molecule has 104 valence electrons. The Bertz CT molecular complexity index is 1030. The molecule has 0 bridgehead atoms. The Morgan fingerprint density at radius 2 is 1.76 bits per heavy atom. The van der Waals surface area contributed by atoms with Crippen LogP contribution >= 0.6 is 0 Å².